The number of rotatable bonds is 5. The van der Waals surface area contributed by atoms with Crippen molar-refractivity contribution in [1.29, 1.82) is 0 Å². The summed E-state index contributed by atoms with van der Waals surface area (Å²) in [6, 6.07) is 11.2. The molecule has 5 heteroatoms. The Morgan fingerprint density at radius 2 is 1.64 bits per heavy atom. The molecule has 0 atom stereocenters. The third-order valence-electron chi connectivity index (χ3n) is 3.30. The summed E-state index contributed by atoms with van der Waals surface area (Å²) >= 11 is 0. The largest absolute Gasteiger partial charge is 0.338 e. The van der Waals surface area contributed by atoms with Crippen LogP contribution in [-0.4, -0.2) is 12.6 Å². The Hall–Kier alpha value is -2.43. The minimum absolute atomic E-state index is 0.0127. The van der Waals surface area contributed by atoms with Gasteiger partial charge in [-0.1, -0.05) is 35.9 Å². The molecular formula is C17H18F2N2O. The third kappa shape index (κ3) is 4.55. The first-order valence-corrected chi connectivity index (χ1v) is 7.06. The summed E-state index contributed by atoms with van der Waals surface area (Å²) in [6.07, 6.45) is 0.108. The van der Waals surface area contributed by atoms with Crippen LogP contribution in [0.2, 0.25) is 0 Å². The SMILES string of the molecule is Cc1ccc(CNC(=O)NCCc2c(F)cccc2F)cc1. The maximum absolute atomic E-state index is 13.4. The molecule has 0 aliphatic carbocycles. The Bertz CT molecular complexity index is 621. The topological polar surface area (TPSA) is 41.1 Å². The zero-order valence-electron chi connectivity index (χ0n) is 12.3. The van der Waals surface area contributed by atoms with E-state index in [0.717, 1.165) is 11.1 Å². The van der Waals surface area contributed by atoms with Crippen molar-refractivity contribution in [3.8, 4) is 0 Å². The molecule has 0 bridgehead atoms. The van der Waals surface area contributed by atoms with Crippen molar-refractivity contribution in [2.45, 2.75) is 19.9 Å². The predicted molar refractivity (Wildman–Crippen MR) is 81.5 cm³/mol. The van der Waals surface area contributed by atoms with Gasteiger partial charge in [-0.05, 0) is 31.0 Å². The molecular weight excluding hydrogens is 286 g/mol. The van der Waals surface area contributed by atoms with E-state index >= 15 is 0 Å². The fourth-order valence-electron chi connectivity index (χ4n) is 2.02. The number of amides is 2. The van der Waals surface area contributed by atoms with Crippen LogP contribution in [0.3, 0.4) is 0 Å². The van der Waals surface area contributed by atoms with Crippen LogP contribution in [0, 0.1) is 18.6 Å². The molecule has 0 aromatic heterocycles. The molecule has 0 aliphatic rings. The van der Waals surface area contributed by atoms with Gasteiger partial charge in [-0.15, -0.1) is 0 Å². The summed E-state index contributed by atoms with van der Waals surface area (Å²) in [5.74, 6) is -1.19. The first-order chi connectivity index (χ1) is 10.6. The van der Waals surface area contributed by atoms with Crippen molar-refractivity contribution in [2.75, 3.05) is 6.54 Å². The summed E-state index contributed by atoms with van der Waals surface area (Å²) in [4.78, 5) is 11.6. The summed E-state index contributed by atoms with van der Waals surface area (Å²) in [5.41, 5.74) is 2.13. The van der Waals surface area contributed by atoms with E-state index in [2.05, 4.69) is 10.6 Å². The maximum Gasteiger partial charge on any atom is 0.315 e. The zero-order valence-corrected chi connectivity index (χ0v) is 12.3. The molecule has 2 N–H and O–H groups in total. The van der Waals surface area contributed by atoms with E-state index in [9.17, 15) is 13.6 Å². The van der Waals surface area contributed by atoms with Crippen LogP contribution in [0.5, 0.6) is 0 Å². The van der Waals surface area contributed by atoms with Crippen molar-refractivity contribution < 1.29 is 13.6 Å². The van der Waals surface area contributed by atoms with Crippen LogP contribution >= 0.6 is 0 Å². The second-order valence-corrected chi connectivity index (χ2v) is 5.05. The molecule has 0 unspecified atom stereocenters. The smallest absolute Gasteiger partial charge is 0.315 e. The monoisotopic (exact) mass is 304 g/mol. The van der Waals surface area contributed by atoms with Gasteiger partial charge in [0, 0.05) is 18.7 Å². The summed E-state index contributed by atoms with van der Waals surface area (Å²) < 4.78 is 26.8. The molecule has 0 aliphatic heterocycles. The van der Waals surface area contributed by atoms with Gasteiger partial charge in [-0.25, -0.2) is 13.6 Å². The maximum atomic E-state index is 13.4. The highest BCUT2D eigenvalue weighted by Gasteiger charge is 2.08. The predicted octanol–water partition coefficient (Wildman–Crippen LogP) is 3.32. The minimum Gasteiger partial charge on any atom is -0.338 e. The molecule has 2 amide bonds. The van der Waals surface area contributed by atoms with E-state index in [4.69, 9.17) is 0 Å². The second-order valence-electron chi connectivity index (χ2n) is 5.05. The summed E-state index contributed by atoms with van der Waals surface area (Å²) in [6.45, 7) is 2.56. The first kappa shape index (κ1) is 15.9. The van der Waals surface area contributed by atoms with Gasteiger partial charge < -0.3 is 10.6 Å². The first-order valence-electron chi connectivity index (χ1n) is 7.06. The quantitative estimate of drug-likeness (QED) is 0.874. The van der Waals surface area contributed by atoms with Crippen molar-refractivity contribution >= 4 is 6.03 Å². The molecule has 116 valence electrons. The highest BCUT2D eigenvalue weighted by molar-refractivity contribution is 5.73. The highest BCUT2D eigenvalue weighted by Crippen LogP contribution is 2.11. The highest BCUT2D eigenvalue weighted by atomic mass is 19.1. The standard InChI is InChI=1S/C17H18F2N2O/c1-12-5-7-13(8-6-12)11-21-17(22)20-10-9-14-15(18)3-2-4-16(14)19/h2-8H,9-11H2,1H3,(H2,20,21,22). The normalized spacial score (nSPS) is 10.3. The lowest BCUT2D eigenvalue weighted by molar-refractivity contribution is 0.240. The Kier molecular flexibility index (Phi) is 5.47. The zero-order chi connectivity index (χ0) is 15.9. The molecule has 22 heavy (non-hydrogen) atoms. The molecule has 0 fully saturated rings. The molecule has 3 nitrogen and oxygen atoms in total. The average molecular weight is 304 g/mol. The number of halogens is 2. The third-order valence-corrected chi connectivity index (χ3v) is 3.30. The Labute approximate surface area is 128 Å². The fourth-order valence-corrected chi connectivity index (χ4v) is 2.02. The van der Waals surface area contributed by atoms with E-state index in [1.807, 2.05) is 31.2 Å². The van der Waals surface area contributed by atoms with Gasteiger partial charge in [0.2, 0.25) is 0 Å². The van der Waals surface area contributed by atoms with Gasteiger partial charge in [0.1, 0.15) is 11.6 Å². The van der Waals surface area contributed by atoms with Crippen LogP contribution in [0.25, 0.3) is 0 Å². The van der Waals surface area contributed by atoms with E-state index < -0.39 is 11.6 Å². The number of carbonyl (C=O) groups excluding carboxylic acids is 1. The van der Waals surface area contributed by atoms with Gasteiger partial charge in [0.25, 0.3) is 0 Å². The lowest BCUT2D eigenvalue weighted by Gasteiger charge is -2.09. The fraction of sp³-hybridized carbons (Fsp3) is 0.235. The van der Waals surface area contributed by atoms with Crippen LogP contribution in [0.4, 0.5) is 13.6 Å². The van der Waals surface area contributed by atoms with Gasteiger partial charge in [-0.2, -0.15) is 0 Å². The van der Waals surface area contributed by atoms with Gasteiger partial charge in [-0.3, -0.25) is 0 Å². The Balaban J connectivity index is 1.75. The Morgan fingerprint density at radius 1 is 1.00 bits per heavy atom. The number of aryl methyl sites for hydroxylation is 1. The van der Waals surface area contributed by atoms with E-state index in [1.165, 1.54) is 18.2 Å². The van der Waals surface area contributed by atoms with Crippen LogP contribution in [0.15, 0.2) is 42.5 Å². The van der Waals surface area contributed by atoms with E-state index in [0.29, 0.717) is 6.54 Å². The minimum atomic E-state index is -0.595. The van der Waals surface area contributed by atoms with Gasteiger partial charge >= 0.3 is 6.03 Å². The van der Waals surface area contributed by atoms with Crippen LogP contribution in [0.1, 0.15) is 16.7 Å². The van der Waals surface area contributed by atoms with Crippen LogP contribution in [-0.2, 0) is 13.0 Å². The number of benzene rings is 2. The van der Waals surface area contributed by atoms with Crippen molar-refractivity contribution in [3.05, 3.63) is 70.8 Å². The number of nitrogens with one attached hydrogen (secondary N) is 2. The molecule has 2 aromatic carbocycles. The van der Waals surface area contributed by atoms with E-state index in [-0.39, 0.29) is 24.6 Å². The van der Waals surface area contributed by atoms with Crippen molar-refractivity contribution in [3.63, 3.8) is 0 Å². The number of hydrogen-bond acceptors (Lipinski definition) is 1. The lowest BCUT2D eigenvalue weighted by atomic mass is 10.1. The lowest BCUT2D eigenvalue weighted by Crippen LogP contribution is -2.36. The van der Waals surface area contributed by atoms with Crippen molar-refractivity contribution in [1.82, 2.24) is 10.6 Å². The molecule has 0 radical (unpaired) electrons. The molecule has 0 spiro atoms. The molecule has 0 heterocycles. The summed E-state index contributed by atoms with van der Waals surface area (Å²) in [7, 11) is 0. The van der Waals surface area contributed by atoms with Crippen molar-refractivity contribution in [2.24, 2.45) is 0 Å². The molecule has 0 saturated heterocycles. The Morgan fingerprint density at radius 3 is 2.27 bits per heavy atom. The summed E-state index contributed by atoms with van der Waals surface area (Å²) in [5, 5.41) is 5.28. The van der Waals surface area contributed by atoms with Gasteiger partial charge in [0.15, 0.2) is 0 Å². The molecule has 2 aromatic rings. The average Bonchev–Trinajstić information content (AvgIpc) is 2.50. The van der Waals surface area contributed by atoms with E-state index in [1.54, 1.807) is 0 Å². The second kappa shape index (κ2) is 7.54. The number of urea groups is 1. The molecule has 0 saturated carbocycles. The molecule has 2 rings (SSSR count). The van der Waals surface area contributed by atoms with Crippen LogP contribution < -0.4 is 10.6 Å². The van der Waals surface area contributed by atoms with Gasteiger partial charge in [0.05, 0.1) is 0 Å². The number of carbonyl (C=O) groups is 1. The number of hydrogen-bond donors (Lipinski definition) is 2.